The number of carbonyl (C=O) groups excluding carboxylic acids is 2. The molecule has 0 radical (unpaired) electrons. The van der Waals surface area contributed by atoms with Crippen molar-refractivity contribution >= 4 is 17.8 Å². The molecule has 9 nitrogen and oxygen atoms in total. The largest absolute Gasteiger partial charge is 0.481 e. The molecule has 2 heterocycles. The second-order valence-electron chi connectivity index (χ2n) is 8.17. The fourth-order valence-electron chi connectivity index (χ4n) is 3.91. The van der Waals surface area contributed by atoms with Crippen molar-refractivity contribution in [1.82, 2.24) is 25.3 Å². The highest BCUT2D eigenvalue weighted by Crippen LogP contribution is 2.18. The first-order valence-corrected chi connectivity index (χ1v) is 10.8. The quantitative estimate of drug-likeness (QED) is 0.223. The minimum atomic E-state index is -0.856. The molecule has 2 saturated heterocycles. The summed E-state index contributed by atoms with van der Waals surface area (Å²) in [6.07, 6.45) is 3.71. The highest BCUT2D eigenvalue weighted by Gasteiger charge is 2.28. The lowest BCUT2D eigenvalue weighted by Crippen LogP contribution is -2.50. The van der Waals surface area contributed by atoms with Crippen molar-refractivity contribution in [3.63, 3.8) is 0 Å². The lowest BCUT2D eigenvalue weighted by atomic mass is 10.2. The topological polar surface area (TPSA) is 105 Å². The highest BCUT2D eigenvalue weighted by molar-refractivity contribution is 5.78. The number of nitrogens with one attached hydrogen (secondary N) is 2. The van der Waals surface area contributed by atoms with Crippen LogP contribution in [0.2, 0.25) is 0 Å². The van der Waals surface area contributed by atoms with Crippen molar-refractivity contribution < 1.29 is 19.5 Å². The van der Waals surface area contributed by atoms with Crippen molar-refractivity contribution in [3.8, 4) is 0 Å². The summed E-state index contributed by atoms with van der Waals surface area (Å²) in [5.74, 6) is -0.931. The van der Waals surface area contributed by atoms with Crippen molar-refractivity contribution in [1.29, 1.82) is 0 Å². The Morgan fingerprint density at radius 2 is 1.59 bits per heavy atom. The van der Waals surface area contributed by atoms with Gasteiger partial charge in [0, 0.05) is 64.7 Å². The number of carbonyl (C=O) groups is 3. The maximum atomic E-state index is 12.3. The number of carboxylic acids is 1. The Kier molecular flexibility index (Phi) is 10.4. The zero-order valence-corrected chi connectivity index (χ0v) is 17.7. The molecule has 2 aliphatic heterocycles. The average molecular weight is 422 g/mol. The van der Waals surface area contributed by atoms with Gasteiger partial charge in [-0.3, -0.25) is 24.2 Å². The van der Waals surface area contributed by atoms with Gasteiger partial charge in [-0.25, -0.2) is 0 Å². The molecule has 1 atom stereocenters. The van der Waals surface area contributed by atoms with Crippen LogP contribution < -0.4 is 10.6 Å². The minimum absolute atomic E-state index is 0.0251. The molecule has 3 N–H and O–H groups in total. The molecule has 0 saturated carbocycles. The lowest BCUT2D eigenvalue weighted by molar-refractivity contribution is -0.137. The van der Waals surface area contributed by atoms with Gasteiger partial charge >= 0.3 is 5.97 Å². The van der Waals surface area contributed by atoms with Crippen LogP contribution in [0.25, 0.3) is 0 Å². The average Bonchev–Trinajstić information content (AvgIpc) is 3.10. The second kappa shape index (κ2) is 12.8. The number of hydrogen-bond acceptors (Lipinski definition) is 6. The third kappa shape index (κ3) is 9.56. The second-order valence-corrected chi connectivity index (χ2v) is 8.17. The van der Waals surface area contributed by atoms with Gasteiger partial charge in [-0.2, -0.15) is 0 Å². The summed E-state index contributed by atoms with van der Waals surface area (Å²) in [6, 6.07) is 0.459. The van der Waals surface area contributed by atoms with Gasteiger partial charge in [0.05, 0.1) is 6.54 Å². The Hall–Kier alpha value is -1.71. The minimum Gasteiger partial charge on any atom is -0.481 e. The number of nitrogens with zero attached hydrogens (tertiary/aromatic N) is 3. The summed E-state index contributed by atoms with van der Waals surface area (Å²) in [4.78, 5) is 41.5. The van der Waals surface area contributed by atoms with Crippen LogP contribution >= 0.6 is 0 Å². The van der Waals surface area contributed by atoms with Crippen LogP contribution in [0.3, 0.4) is 0 Å². The van der Waals surface area contributed by atoms with Gasteiger partial charge in [-0.05, 0) is 39.3 Å². The van der Waals surface area contributed by atoms with E-state index in [0.29, 0.717) is 44.9 Å². The van der Waals surface area contributed by atoms with E-state index in [1.807, 2.05) is 0 Å². The molecule has 2 rings (SSSR count). The summed E-state index contributed by atoms with van der Waals surface area (Å²) in [5.41, 5.74) is 0. The van der Waals surface area contributed by atoms with Crippen LogP contribution in [0.15, 0.2) is 0 Å². The Balaban J connectivity index is 1.55. The Labute approximate surface area is 173 Å². The third-order valence-electron chi connectivity index (χ3n) is 5.70. The van der Waals surface area contributed by atoms with Crippen LogP contribution in [-0.2, 0) is 14.4 Å². The van der Waals surface area contributed by atoms with Gasteiger partial charge in [-0.15, -0.1) is 0 Å². The van der Waals surface area contributed by atoms with E-state index >= 15 is 0 Å². The molecule has 0 bridgehead atoms. The first-order chi connectivity index (χ1) is 13.9. The van der Waals surface area contributed by atoms with E-state index < -0.39 is 5.97 Å². The number of likely N-dealkylation sites (N-methyl/N-ethyl adjacent to an activating group) is 1. The zero-order valence-electron chi connectivity index (χ0n) is 17.7. The van der Waals surface area contributed by atoms with E-state index in [1.165, 1.54) is 0 Å². The molecule has 2 aliphatic rings. The number of likely N-dealkylation sites (tertiary alicyclic amines) is 1. The van der Waals surface area contributed by atoms with E-state index in [0.717, 1.165) is 52.1 Å². The molecule has 2 fully saturated rings. The molecule has 0 spiro atoms. The van der Waals surface area contributed by atoms with Crippen LogP contribution in [0.4, 0.5) is 0 Å². The molecule has 0 aromatic rings. The van der Waals surface area contributed by atoms with E-state index in [2.05, 4.69) is 32.4 Å². The number of piperazine rings is 1. The summed E-state index contributed by atoms with van der Waals surface area (Å²) < 4.78 is 0. The predicted molar refractivity (Wildman–Crippen MR) is 111 cm³/mol. The summed E-state index contributed by atoms with van der Waals surface area (Å²) in [7, 11) is 2.16. The Morgan fingerprint density at radius 1 is 0.931 bits per heavy atom. The molecule has 29 heavy (non-hydrogen) atoms. The van der Waals surface area contributed by atoms with E-state index in [-0.39, 0.29) is 18.2 Å². The SMILES string of the molecule is C[15N]1[13CH2][13CH2]N([13CH2][13CH]2[13CH2][13CH2][13CH2]N2[13CH2]C(=O)NCCCC(=O)NCCCC(=O)O)[13CH2][13CH2]1. The van der Waals surface area contributed by atoms with Crippen LogP contribution in [0.5, 0.6) is 0 Å². The van der Waals surface area contributed by atoms with Crippen molar-refractivity contribution in [2.24, 2.45) is 0 Å². The third-order valence-corrected chi connectivity index (χ3v) is 5.70. The fraction of sp³-hybridized carbons (Fsp3) is 0.850. The van der Waals surface area contributed by atoms with Gasteiger partial charge in [0.2, 0.25) is 11.8 Å². The number of carboxylic acid groups (broad SMARTS) is 1. The molecule has 166 valence electrons. The van der Waals surface area contributed by atoms with Crippen molar-refractivity contribution in [2.45, 2.75) is 44.6 Å². The smallest absolute Gasteiger partial charge is 0.303 e. The number of aliphatic carboxylic acids is 1. The van der Waals surface area contributed by atoms with Gasteiger partial charge in [0.25, 0.3) is 0 Å². The van der Waals surface area contributed by atoms with Crippen molar-refractivity contribution in [2.75, 3.05) is 66.0 Å². The van der Waals surface area contributed by atoms with Crippen LogP contribution in [0.1, 0.15) is 38.5 Å². The van der Waals surface area contributed by atoms with Gasteiger partial charge in [0.15, 0.2) is 0 Å². The first kappa shape index (κ1) is 23.6. The molecular weight excluding hydrogens is 385 g/mol. The van der Waals surface area contributed by atoms with Crippen LogP contribution in [-0.4, -0.2) is 110 Å². The molecule has 0 aromatic heterocycles. The highest BCUT2D eigenvalue weighted by atomic mass is 16.4. The maximum Gasteiger partial charge on any atom is 0.303 e. The van der Waals surface area contributed by atoms with Gasteiger partial charge in [0.1, 0.15) is 0 Å². The van der Waals surface area contributed by atoms with Gasteiger partial charge in [-0.1, -0.05) is 0 Å². The molecule has 0 aromatic carbocycles. The van der Waals surface area contributed by atoms with E-state index in [1.54, 1.807) is 0 Å². The number of hydrogen-bond donors (Lipinski definition) is 3. The van der Waals surface area contributed by atoms with Crippen LogP contribution in [0, 0.1) is 0 Å². The first-order valence-electron chi connectivity index (χ1n) is 10.8. The van der Waals surface area contributed by atoms with E-state index in [4.69, 9.17) is 5.11 Å². The fourth-order valence-corrected chi connectivity index (χ4v) is 3.91. The lowest BCUT2D eigenvalue weighted by Gasteiger charge is -2.36. The predicted octanol–water partition coefficient (Wildman–Crippen LogP) is -0.424. The Morgan fingerprint density at radius 3 is 2.28 bits per heavy atom. The maximum absolute atomic E-state index is 12.3. The molecule has 1 unspecified atom stereocenters. The normalized spacial score (nSPS) is 21.2. The number of rotatable bonds is 12. The molecule has 0 aliphatic carbocycles. The zero-order chi connectivity index (χ0) is 21.1. The standard InChI is InChI=1S/C20H37N5O4/c1-23-11-13-24(14-12-23)15-17-5-4-10-25(17)16-19(27)22-8-2-6-18(26)21-9-3-7-20(28)29/h17H,2-16H2,1H3,(H,21,26)(H,22,27)(H,28,29)/i4+1,5+1,10+1,11+1,12+1,13+1,14+1,15+1,16+1,17+1,23+1. The summed E-state index contributed by atoms with van der Waals surface area (Å²) in [5, 5.41) is 14.2. The number of amides is 2. The van der Waals surface area contributed by atoms with E-state index in [9.17, 15) is 14.4 Å². The van der Waals surface area contributed by atoms with Crippen molar-refractivity contribution in [3.05, 3.63) is 0 Å². The molecular formula is C20H37N5O4. The molecule has 2 amide bonds. The monoisotopic (exact) mass is 422 g/mol. The van der Waals surface area contributed by atoms with Gasteiger partial charge < -0.3 is 20.6 Å². The molecule has 9 heteroatoms. The Bertz CT molecular complexity index is 537. The summed E-state index contributed by atoms with van der Waals surface area (Å²) in [6.45, 7) is 7.74. The summed E-state index contributed by atoms with van der Waals surface area (Å²) >= 11 is 0.